The lowest BCUT2D eigenvalue weighted by atomic mass is 9.81. The lowest BCUT2D eigenvalue weighted by molar-refractivity contribution is -0.114. The van der Waals surface area contributed by atoms with E-state index in [9.17, 15) is 14.8 Å². The Morgan fingerprint density at radius 3 is 2.69 bits per heavy atom. The van der Waals surface area contributed by atoms with Crippen molar-refractivity contribution in [1.82, 2.24) is 4.90 Å². The minimum Gasteiger partial charge on any atom is -0.497 e. The second kappa shape index (κ2) is 11.4. The molecule has 7 heteroatoms. The largest absolute Gasteiger partial charge is 0.497 e. The number of benzene rings is 2. The second-order valence-electron chi connectivity index (χ2n) is 9.44. The van der Waals surface area contributed by atoms with Crippen LogP contribution in [0.15, 0.2) is 67.3 Å². The number of hydroxylamine groups is 1. The number of methoxy groups -OCH3 is 1. The van der Waals surface area contributed by atoms with Gasteiger partial charge in [-0.1, -0.05) is 36.4 Å². The van der Waals surface area contributed by atoms with Gasteiger partial charge in [0.1, 0.15) is 12.4 Å². The highest BCUT2D eigenvalue weighted by atomic mass is 16.6. The normalized spacial score (nSPS) is 21.3. The molecule has 0 aliphatic carbocycles. The van der Waals surface area contributed by atoms with E-state index >= 15 is 0 Å². The van der Waals surface area contributed by atoms with Crippen LogP contribution < -0.4 is 9.80 Å². The van der Waals surface area contributed by atoms with Crippen LogP contribution in [0, 0.1) is 11.8 Å². The van der Waals surface area contributed by atoms with Crippen molar-refractivity contribution in [3.63, 3.8) is 0 Å². The first-order chi connectivity index (χ1) is 17.4. The number of amides is 1. The van der Waals surface area contributed by atoms with Crippen molar-refractivity contribution in [1.29, 1.82) is 0 Å². The van der Waals surface area contributed by atoms with E-state index in [0.717, 1.165) is 12.0 Å². The number of piperidine rings is 1. The van der Waals surface area contributed by atoms with Gasteiger partial charge in [-0.25, -0.2) is 9.86 Å². The minimum atomic E-state index is -0.319. The van der Waals surface area contributed by atoms with Gasteiger partial charge in [0.2, 0.25) is 0 Å². The molecule has 1 amide bonds. The van der Waals surface area contributed by atoms with E-state index in [4.69, 9.17) is 9.47 Å². The van der Waals surface area contributed by atoms with Gasteiger partial charge in [-0.15, -0.1) is 6.58 Å². The van der Waals surface area contributed by atoms with Gasteiger partial charge in [-0.2, -0.15) is 0 Å². The minimum absolute atomic E-state index is 0.0389. The van der Waals surface area contributed by atoms with E-state index in [0.29, 0.717) is 48.5 Å². The van der Waals surface area contributed by atoms with E-state index in [-0.39, 0.29) is 36.4 Å². The molecule has 0 saturated carbocycles. The summed E-state index contributed by atoms with van der Waals surface area (Å²) in [5, 5.41) is 11.6. The quantitative estimate of drug-likeness (QED) is 0.493. The van der Waals surface area contributed by atoms with Gasteiger partial charge in [0.05, 0.1) is 18.8 Å². The number of ether oxygens (including phenoxy) is 2. The third-order valence-corrected chi connectivity index (χ3v) is 7.15. The Balaban J connectivity index is 1.35. The summed E-state index contributed by atoms with van der Waals surface area (Å²) in [6.45, 7) is 7.21. The Hall–Kier alpha value is -3.58. The summed E-state index contributed by atoms with van der Waals surface area (Å²) in [5.41, 5.74) is 2.84. The number of rotatable bonds is 8. The van der Waals surface area contributed by atoms with Crippen molar-refractivity contribution in [2.75, 3.05) is 25.3 Å². The third kappa shape index (κ3) is 5.62. The number of allylic oxidation sites excluding steroid dienone is 1. The molecule has 1 fully saturated rings. The molecule has 3 atom stereocenters. The summed E-state index contributed by atoms with van der Waals surface area (Å²) in [7, 11) is 1.58. The van der Waals surface area contributed by atoms with Gasteiger partial charge in [0.25, 0.3) is 0 Å². The molecule has 1 saturated heterocycles. The average molecular weight is 491 g/mol. The predicted molar refractivity (Wildman–Crippen MR) is 139 cm³/mol. The summed E-state index contributed by atoms with van der Waals surface area (Å²) >= 11 is 0. The maximum Gasteiger partial charge on any atom is 0.410 e. The van der Waals surface area contributed by atoms with Crippen molar-refractivity contribution < 1.29 is 24.3 Å². The van der Waals surface area contributed by atoms with Gasteiger partial charge >= 0.3 is 6.09 Å². The van der Waals surface area contributed by atoms with Crippen LogP contribution in [0.25, 0.3) is 5.57 Å². The number of hydrogen-bond acceptors (Lipinski definition) is 6. The Bertz CT molecular complexity index is 1130. The zero-order valence-corrected chi connectivity index (χ0v) is 20.9. The Morgan fingerprint density at radius 2 is 1.97 bits per heavy atom. The Labute approximate surface area is 212 Å². The highest BCUT2D eigenvalue weighted by molar-refractivity contribution is 6.23. The summed E-state index contributed by atoms with van der Waals surface area (Å²) in [6.07, 6.45) is 5.25. The van der Waals surface area contributed by atoms with Gasteiger partial charge in [0, 0.05) is 30.6 Å². The van der Waals surface area contributed by atoms with E-state index in [1.165, 1.54) is 5.06 Å². The zero-order chi connectivity index (χ0) is 25.7. The first kappa shape index (κ1) is 25.5. The number of fused-ring (bicyclic) bond motifs is 1. The number of ketones is 1. The predicted octanol–water partition coefficient (Wildman–Crippen LogP) is 5.49. The van der Waals surface area contributed by atoms with Gasteiger partial charge in [0.15, 0.2) is 5.78 Å². The fourth-order valence-electron chi connectivity index (χ4n) is 5.01. The molecule has 4 rings (SSSR count). The maximum absolute atomic E-state index is 13.3. The SMILES string of the molecule is C=C[C@H]1CN(C(=O)OCc2ccccc2)CC[C@H]1CCC(=O)C1=CC(C)N(O)c2ccc(OC)cc21. The number of anilines is 1. The van der Waals surface area contributed by atoms with Crippen LogP contribution in [0.5, 0.6) is 5.75 Å². The molecule has 1 unspecified atom stereocenters. The summed E-state index contributed by atoms with van der Waals surface area (Å²) in [4.78, 5) is 27.7. The van der Waals surface area contributed by atoms with Gasteiger partial charge in [-0.05, 0) is 61.4 Å². The molecule has 0 aromatic heterocycles. The fourth-order valence-corrected chi connectivity index (χ4v) is 5.01. The molecule has 0 bridgehead atoms. The number of hydrogen-bond donors (Lipinski definition) is 1. The van der Waals surface area contributed by atoms with E-state index in [2.05, 4.69) is 6.58 Å². The first-order valence-electron chi connectivity index (χ1n) is 12.4. The van der Waals surface area contributed by atoms with E-state index in [1.54, 1.807) is 36.3 Å². The summed E-state index contributed by atoms with van der Waals surface area (Å²) in [6, 6.07) is 14.6. The molecule has 190 valence electrons. The summed E-state index contributed by atoms with van der Waals surface area (Å²) in [5.74, 6) is 1.02. The monoisotopic (exact) mass is 490 g/mol. The molecular formula is C29H34N2O5. The maximum atomic E-state index is 13.3. The molecule has 2 aliphatic rings. The Kier molecular flexibility index (Phi) is 8.10. The second-order valence-corrected chi connectivity index (χ2v) is 9.44. The highest BCUT2D eigenvalue weighted by Crippen LogP contribution is 2.37. The van der Waals surface area contributed by atoms with Crippen molar-refractivity contribution >= 4 is 23.1 Å². The molecule has 2 aromatic rings. The van der Waals surface area contributed by atoms with Crippen molar-refractivity contribution in [2.24, 2.45) is 11.8 Å². The van der Waals surface area contributed by atoms with Crippen molar-refractivity contribution in [3.8, 4) is 5.75 Å². The molecular weight excluding hydrogens is 456 g/mol. The Morgan fingerprint density at radius 1 is 1.19 bits per heavy atom. The van der Waals surface area contributed by atoms with E-state index < -0.39 is 0 Å². The van der Waals surface area contributed by atoms with Crippen LogP contribution in [-0.4, -0.2) is 48.2 Å². The molecule has 2 heterocycles. The summed E-state index contributed by atoms with van der Waals surface area (Å²) < 4.78 is 10.8. The molecule has 0 spiro atoms. The van der Waals surface area contributed by atoms with Gasteiger partial charge < -0.3 is 14.4 Å². The number of carbonyl (C=O) groups is 2. The average Bonchev–Trinajstić information content (AvgIpc) is 2.92. The van der Waals surface area contributed by atoms with Crippen LogP contribution in [0.3, 0.4) is 0 Å². The fraction of sp³-hybridized carbons (Fsp3) is 0.379. The third-order valence-electron chi connectivity index (χ3n) is 7.15. The lowest BCUT2D eigenvalue weighted by Gasteiger charge is -2.37. The van der Waals surface area contributed by atoms with Crippen molar-refractivity contribution in [2.45, 2.75) is 38.8 Å². The molecule has 0 radical (unpaired) electrons. The highest BCUT2D eigenvalue weighted by Gasteiger charge is 2.32. The first-order valence-corrected chi connectivity index (χ1v) is 12.4. The van der Waals surface area contributed by atoms with Crippen molar-refractivity contribution in [3.05, 3.63) is 78.4 Å². The number of likely N-dealkylation sites (tertiary alicyclic amines) is 1. The van der Waals surface area contributed by atoms with Crippen LogP contribution in [0.4, 0.5) is 10.5 Å². The van der Waals surface area contributed by atoms with Crippen LogP contribution in [-0.2, 0) is 16.1 Å². The number of carbonyl (C=O) groups excluding carboxylic acids is 2. The lowest BCUT2D eigenvalue weighted by Crippen LogP contribution is -2.43. The standard InChI is InChI=1S/C29H34N2O5/c1-4-22-18-30(29(33)36-19-21-8-6-5-7-9-21)15-14-23(22)10-13-28(32)26-16-20(2)31(34)27-12-11-24(35-3)17-25(26)27/h4-9,11-12,16-17,20,22-23,34H,1,10,13-15,18-19H2,2-3H3/t20?,22-,23+/m0/s1. The zero-order valence-electron chi connectivity index (χ0n) is 20.9. The molecule has 7 nitrogen and oxygen atoms in total. The van der Waals surface area contributed by atoms with Crippen LogP contribution in [0.1, 0.15) is 37.3 Å². The molecule has 1 N–H and O–H groups in total. The smallest absolute Gasteiger partial charge is 0.410 e. The molecule has 36 heavy (non-hydrogen) atoms. The van der Waals surface area contributed by atoms with Crippen LogP contribution in [0.2, 0.25) is 0 Å². The molecule has 2 aliphatic heterocycles. The van der Waals surface area contributed by atoms with Gasteiger partial charge in [-0.3, -0.25) is 10.0 Å². The number of nitrogens with zero attached hydrogens (tertiary/aromatic N) is 2. The van der Waals surface area contributed by atoms with E-state index in [1.807, 2.05) is 43.3 Å². The molecule has 2 aromatic carbocycles. The van der Waals surface area contributed by atoms with Crippen LogP contribution >= 0.6 is 0 Å². The number of Topliss-reactive ketones (excluding diaryl/α,β-unsaturated/α-hetero) is 1. The topological polar surface area (TPSA) is 79.3 Å².